The number of hydrogen-bond donors (Lipinski definition) is 0. The molecule has 0 fully saturated rings. The lowest BCUT2D eigenvalue weighted by Crippen LogP contribution is -2.30. The molecule has 0 aliphatic heterocycles. The summed E-state index contributed by atoms with van der Waals surface area (Å²) in [6.45, 7) is 6.29. The van der Waals surface area contributed by atoms with Crippen LogP contribution < -0.4 is 0 Å². The topological polar surface area (TPSA) is 78.9 Å². The highest BCUT2D eigenvalue weighted by Gasteiger charge is 2.19. The number of hydrogen-bond acceptors (Lipinski definition) is 6. The Hall–Kier alpha value is -4.19. The maximum atomic E-state index is 12.8. The maximum Gasteiger partial charge on any atom is 0.306 e. The molecular formula is C60H96O6. The van der Waals surface area contributed by atoms with Crippen LogP contribution in [0.4, 0.5) is 0 Å². The van der Waals surface area contributed by atoms with Gasteiger partial charge in [-0.15, -0.1) is 0 Å². The minimum atomic E-state index is -0.826. The zero-order valence-electron chi connectivity index (χ0n) is 42.4. The number of rotatable bonds is 46. The SMILES string of the molecule is CC/C=C\C/C=C\C/C=C\C/C=C\CCCCCCC(=O)OC(COC(=O)CC/C=C\C/C=C\C/C=C\C/C=C\CC)COC(=O)CCCCCCCCC/C=C\C/C=C\CCCCCC. The van der Waals surface area contributed by atoms with Gasteiger partial charge in [0.15, 0.2) is 6.10 Å². The second-order valence-electron chi connectivity index (χ2n) is 17.0. The lowest BCUT2D eigenvalue weighted by Gasteiger charge is -2.18. The average Bonchev–Trinajstić information content (AvgIpc) is 3.31. The van der Waals surface area contributed by atoms with Crippen molar-refractivity contribution in [2.45, 2.75) is 226 Å². The Balaban J connectivity index is 4.53. The van der Waals surface area contributed by atoms with Crippen molar-refractivity contribution >= 4 is 17.9 Å². The van der Waals surface area contributed by atoms with Crippen molar-refractivity contribution in [3.63, 3.8) is 0 Å². The van der Waals surface area contributed by atoms with E-state index in [0.717, 1.165) is 116 Å². The number of unbranched alkanes of at least 4 members (excludes halogenated alkanes) is 15. The zero-order valence-corrected chi connectivity index (χ0v) is 42.4. The largest absolute Gasteiger partial charge is 0.462 e. The molecule has 0 amide bonds. The van der Waals surface area contributed by atoms with Gasteiger partial charge in [-0.25, -0.2) is 0 Å². The Morgan fingerprint density at radius 1 is 0.318 bits per heavy atom. The van der Waals surface area contributed by atoms with Crippen LogP contribution >= 0.6 is 0 Å². The third kappa shape index (κ3) is 50.8. The Kier molecular flexibility index (Phi) is 50.0. The van der Waals surface area contributed by atoms with Crippen LogP contribution in [-0.4, -0.2) is 37.2 Å². The fraction of sp³-hybridized carbons (Fsp3) is 0.617. The van der Waals surface area contributed by atoms with Crippen LogP contribution in [-0.2, 0) is 28.6 Å². The molecule has 0 radical (unpaired) electrons. The number of carbonyl (C=O) groups excluding carboxylic acids is 3. The predicted molar refractivity (Wildman–Crippen MR) is 283 cm³/mol. The quantitative estimate of drug-likeness (QED) is 0.0262. The highest BCUT2D eigenvalue weighted by molar-refractivity contribution is 5.71. The molecule has 1 atom stereocenters. The van der Waals surface area contributed by atoms with Gasteiger partial charge in [-0.05, 0) is 116 Å². The molecule has 6 heteroatoms. The Morgan fingerprint density at radius 2 is 0.621 bits per heavy atom. The van der Waals surface area contributed by atoms with Crippen LogP contribution in [0, 0.1) is 0 Å². The van der Waals surface area contributed by atoms with Crippen molar-refractivity contribution in [2.24, 2.45) is 0 Å². The molecule has 0 rings (SSSR count). The summed E-state index contributed by atoms with van der Waals surface area (Å²) >= 11 is 0. The molecule has 0 spiro atoms. The minimum Gasteiger partial charge on any atom is -0.462 e. The molecule has 0 aliphatic rings. The van der Waals surface area contributed by atoms with Crippen molar-refractivity contribution in [1.82, 2.24) is 0 Å². The van der Waals surface area contributed by atoms with Gasteiger partial charge in [0, 0.05) is 19.3 Å². The first kappa shape index (κ1) is 61.8. The molecule has 6 nitrogen and oxygen atoms in total. The Labute approximate surface area is 405 Å². The van der Waals surface area contributed by atoms with E-state index in [1.165, 1.54) is 57.8 Å². The maximum absolute atomic E-state index is 12.8. The molecule has 0 bridgehead atoms. The van der Waals surface area contributed by atoms with Gasteiger partial charge in [-0.2, -0.15) is 0 Å². The van der Waals surface area contributed by atoms with Gasteiger partial charge < -0.3 is 14.2 Å². The van der Waals surface area contributed by atoms with Gasteiger partial charge in [0.1, 0.15) is 13.2 Å². The second-order valence-corrected chi connectivity index (χ2v) is 17.0. The summed E-state index contributed by atoms with van der Waals surface area (Å²) in [7, 11) is 0. The normalized spacial score (nSPS) is 13.1. The molecule has 0 heterocycles. The number of allylic oxidation sites excluding steroid dienone is 20. The number of esters is 3. The molecule has 0 saturated carbocycles. The van der Waals surface area contributed by atoms with Crippen molar-refractivity contribution in [2.75, 3.05) is 13.2 Å². The van der Waals surface area contributed by atoms with Gasteiger partial charge in [0.05, 0.1) is 0 Å². The molecule has 1 unspecified atom stereocenters. The molecular weight excluding hydrogens is 817 g/mol. The first-order valence-electron chi connectivity index (χ1n) is 26.5. The molecule has 66 heavy (non-hydrogen) atoms. The molecule has 0 aromatic carbocycles. The molecule has 0 aromatic rings. The lowest BCUT2D eigenvalue weighted by atomic mass is 10.1. The predicted octanol–water partition coefficient (Wildman–Crippen LogP) is 17.7. The summed E-state index contributed by atoms with van der Waals surface area (Å²) in [6.07, 6.45) is 73.4. The summed E-state index contributed by atoms with van der Waals surface area (Å²) in [6, 6.07) is 0. The van der Waals surface area contributed by atoms with E-state index in [1.54, 1.807) is 0 Å². The molecule has 0 aliphatic carbocycles. The number of ether oxygens (including phenoxy) is 3. The van der Waals surface area contributed by atoms with E-state index in [-0.39, 0.29) is 44.0 Å². The zero-order chi connectivity index (χ0) is 47.9. The molecule has 372 valence electrons. The monoisotopic (exact) mass is 913 g/mol. The summed E-state index contributed by atoms with van der Waals surface area (Å²) in [5.74, 6) is -1.04. The molecule has 0 saturated heterocycles. The van der Waals surface area contributed by atoms with Gasteiger partial charge in [-0.3, -0.25) is 14.4 Å². The summed E-state index contributed by atoms with van der Waals surface area (Å²) < 4.78 is 16.7. The van der Waals surface area contributed by atoms with Gasteiger partial charge in [-0.1, -0.05) is 206 Å². The fourth-order valence-corrected chi connectivity index (χ4v) is 6.77. The Bertz CT molecular complexity index is 1420. The summed E-state index contributed by atoms with van der Waals surface area (Å²) in [5.41, 5.74) is 0. The molecule has 0 aromatic heterocycles. The van der Waals surface area contributed by atoms with E-state index < -0.39 is 6.10 Å². The average molecular weight is 913 g/mol. The first-order valence-corrected chi connectivity index (χ1v) is 26.5. The smallest absolute Gasteiger partial charge is 0.306 e. The lowest BCUT2D eigenvalue weighted by molar-refractivity contribution is -0.166. The van der Waals surface area contributed by atoms with Crippen LogP contribution in [0.1, 0.15) is 220 Å². The van der Waals surface area contributed by atoms with Crippen molar-refractivity contribution in [3.05, 3.63) is 122 Å². The highest BCUT2D eigenvalue weighted by atomic mass is 16.6. The Morgan fingerprint density at radius 3 is 1.02 bits per heavy atom. The standard InChI is InChI=1S/C60H96O6/c1-4-7-10-13-16-19-22-25-27-29-31-32-35-38-41-44-47-50-53-59(62)65-56-57(55-64-58(61)52-49-46-43-40-37-34-24-21-18-15-12-9-6-3)66-60(63)54-51-48-45-42-39-36-33-30-28-26-23-20-17-14-11-8-5-2/h8-9,11-12,17-22,26-29,33-34,36-37,43,46,57H,4-7,10,13-16,23-25,30-32,35,38-42,44-45,47-56H2,1-3H3/b11-8-,12-9-,20-17-,21-18-,22-19-,28-26-,29-27-,36-33-,37-34-,46-43-. The van der Waals surface area contributed by atoms with Gasteiger partial charge >= 0.3 is 17.9 Å². The van der Waals surface area contributed by atoms with E-state index in [9.17, 15) is 14.4 Å². The van der Waals surface area contributed by atoms with Gasteiger partial charge in [0.25, 0.3) is 0 Å². The second kappa shape index (κ2) is 53.4. The van der Waals surface area contributed by atoms with E-state index in [1.807, 2.05) is 12.2 Å². The van der Waals surface area contributed by atoms with Crippen LogP contribution in [0.2, 0.25) is 0 Å². The number of carbonyl (C=O) groups is 3. The van der Waals surface area contributed by atoms with Crippen molar-refractivity contribution in [3.8, 4) is 0 Å². The van der Waals surface area contributed by atoms with E-state index in [2.05, 4.69) is 130 Å². The van der Waals surface area contributed by atoms with Crippen molar-refractivity contribution < 1.29 is 28.6 Å². The van der Waals surface area contributed by atoms with E-state index in [4.69, 9.17) is 14.2 Å². The third-order valence-electron chi connectivity index (χ3n) is 10.7. The van der Waals surface area contributed by atoms with Crippen LogP contribution in [0.3, 0.4) is 0 Å². The fourth-order valence-electron chi connectivity index (χ4n) is 6.77. The first-order chi connectivity index (χ1) is 32.5. The van der Waals surface area contributed by atoms with Crippen LogP contribution in [0.15, 0.2) is 122 Å². The van der Waals surface area contributed by atoms with Crippen molar-refractivity contribution in [1.29, 1.82) is 0 Å². The third-order valence-corrected chi connectivity index (χ3v) is 10.7. The van der Waals surface area contributed by atoms with E-state index >= 15 is 0 Å². The minimum absolute atomic E-state index is 0.118. The highest BCUT2D eigenvalue weighted by Crippen LogP contribution is 2.13. The molecule has 0 N–H and O–H groups in total. The van der Waals surface area contributed by atoms with Crippen LogP contribution in [0.25, 0.3) is 0 Å². The summed E-state index contributed by atoms with van der Waals surface area (Å²) in [5, 5.41) is 0. The van der Waals surface area contributed by atoms with E-state index in [0.29, 0.717) is 12.8 Å². The van der Waals surface area contributed by atoms with Gasteiger partial charge in [0.2, 0.25) is 0 Å². The van der Waals surface area contributed by atoms with Crippen LogP contribution in [0.5, 0.6) is 0 Å². The summed E-state index contributed by atoms with van der Waals surface area (Å²) in [4.78, 5) is 38.0.